The Morgan fingerprint density at radius 2 is 1.57 bits per heavy atom. The lowest BCUT2D eigenvalue weighted by molar-refractivity contribution is -0.360. The van der Waals surface area contributed by atoms with Crippen LogP contribution in [0.15, 0.2) is 84.5 Å². The van der Waals surface area contributed by atoms with Crippen molar-refractivity contribution in [1.82, 2.24) is 5.32 Å². The van der Waals surface area contributed by atoms with Gasteiger partial charge in [-0.05, 0) is 80.7 Å². The van der Waals surface area contributed by atoms with Crippen molar-refractivity contribution in [2.75, 3.05) is 6.61 Å². The number of nitrogens with one attached hydrogen (secondary N) is 1. The van der Waals surface area contributed by atoms with Gasteiger partial charge in [0.25, 0.3) is 0 Å². The quantitative estimate of drug-likeness (QED) is 0.0723. The Kier molecular flexibility index (Phi) is 14.4. The Hall–Kier alpha value is -4.42. The van der Waals surface area contributed by atoms with E-state index in [-0.39, 0.29) is 18.6 Å². The van der Waals surface area contributed by atoms with Crippen molar-refractivity contribution >= 4 is 32.3 Å². The van der Waals surface area contributed by atoms with E-state index in [1.54, 1.807) is 94.4 Å². The van der Waals surface area contributed by atoms with E-state index in [4.69, 9.17) is 37.6 Å². The molecule has 15 nitrogen and oxygen atoms in total. The van der Waals surface area contributed by atoms with Gasteiger partial charge in [0.1, 0.15) is 35.6 Å². The summed E-state index contributed by atoms with van der Waals surface area (Å²) in [6, 6.07) is 18.0. The number of carbonyl (C=O) groups excluding carboxylic acids is 4. The van der Waals surface area contributed by atoms with Crippen LogP contribution in [0.25, 0.3) is 0 Å². The van der Waals surface area contributed by atoms with E-state index in [0.29, 0.717) is 23.1 Å². The first-order chi connectivity index (χ1) is 32.0. The molecule has 0 spiro atoms. The number of aliphatic hydroxyl groups excluding tert-OH is 1. The molecule has 68 heavy (non-hydrogen) atoms. The second-order valence-corrected chi connectivity index (χ2v) is 25.7. The van der Waals surface area contributed by atoms with Crippen molar-refractivity contribution in [2.45, 2.75) is 179 Å². The lowest BCUT2D eigenvalue weighted by atomic mass is 9.44. The molecule has 0 aromatic heterocycles. The average molecular weight is 962 g/mol. The number of hydrogen-bond donors (Lipinski definition) is 3. The lowest BCUT2D eigenvalue weighted by Gasteiger charge is -2.69. The molecule has 7 rings (SSSR count). The zero-order valence-corrected chi connectivity index (χ0v) is 42.4. The molecule has 4 fully saturated rings. The average Bonchev–Trinajstić information content (AvgIpc) is 3.72. The molecule has 13 atom stereocenters. The van der Waals surface area contributed by atoms with Crippen molar-refractivity contribution in [3.05, 3.63) is 95.6 Å². The largest absolute Gasteiger partial charge is 0.456 e. The normalized spacial score (nSPS) is 33.7. The second kappa shape index (κ2) is 19.1. The number of fused-ring (bicyclic) bond motifs is 8. The van der Waals surface area contributed by atoms with Crippen molar-refractivity contribution in [3.63, 3.8) is 0 Å². The summed E-state index contributed by atoms with van der Waals surface area (Å²) in [4.78, 5) is 56.0. The molecule has 2 aromatic carbocycles. The smallest absolute Gasteiger partial charge is 0.408 e. The lowest BCUT2D eigenvalue weighted by Crippen LogP contribution is -2.82. The van der Waals surface area contributed by atoms with Gasteiger partial charge in [0, 0.05) is 30.6 Å². The van der Waals surface area contributed by atoms with Gasteiger partial charge in [0.2, 0.25) is 0 Å². The fourth-order valence-electron chi connectivity index (χ4n) is 12.0. The van der Waals surface area contributed by atoms with E-state index in [9.17, 15) is 29.4 Å². The van der Waals surface area contributed by atoms with E-state index in [1.165, 1.54) is 6.92 Å². The highest BCUT2D eigenvalue weighted by Gasteiger charge is 2.79. The zero-order chi connectivity index (χ0) is 49.8. The van der Waals surface area contributed by atoms with Crippen LogP contribution in [-0.2, 0) is 47.2 Å². The number of carbonyl (C=O) groups is 4. The first-order valence-electron chi connectivity index (χ1n) is 24.0. The third-order valence-electron chi connectivity index (χ3n) is 15.8. The summed E-state index contributed by atoms with van der Waals surface area (Å²) in [5.41, 5.74) is -5.46. The highest BCUT2D eigenvalue weighted by molar-refractivity contribution is 6.73. The SMILES string of the molecule is C=CC1O[C@@H]2C3=C(C)[C@@H](OC(=O)[C@H](O)[C@@H](NC(=O)OC(C)(C)C)c4ccccc4)C[C@@](O)([C@@H](OC(=O)c4ccccc4)[C@H]4[C@@](C)([C@@H](O[Si](CC)(CC)CC)CC5OC[C@]54OC(C)=O)[C@@H]2O1)C3(C)C. The van der Waals surface area contributed by atoms with Crippen LogP contribution < -0.4 is 5.32 Å². The molecule has 2 saturated carbocycles. The summed E-state index contributed by atoms with van der Waals surface area (Å²) in [5, 5.41) is 28.8. The Labute approximate surface area is 401 Å². The molecule has 2 saturated heterocycles. The zero-order valence-electron chi connectivity index (χ0n) is 41.4. The summed E-state index contributed by atoms with van der Waals surface area (Å²) in [6.45, 7) is 24.2. The maximum atomic E-state index is 14.8. The molecule has 5 aliphatic rings. The number of esters is 3. The maximum Gasteiger partial charge on any atom is 0.408 e. The number of amides is 1. The molecule has 2 heterocycles. The van der Waals surface area contributed by atoms with Crippen LogP contribution in [0.1, 0.15) is 111 Å². The van der Waals surface area contributed by atoms with Crippen LogP contribution in [0.4, 0.5) is 4.79 Å². The highest BCUT2D eigenvalue weighted by Crippen LogP contribution is 2.67. The molecule has 1 amide bonds. The minimum absolute atomic E-state index is 0.0843. The van der Waals surface area contributed by atoms with Gasteiger partial charge in [-0.2, -0.15) is 0 Å². The Balaban J connectivity index is 1.44. The summed E-state index contributed by atoms with van der Waals surface area (Å²) in [6.07, 6.45) is -8.34. The monoisotopic (exact) mass is 961 g/mol. The molecule has 0 radical (unpaired) electrons. The van der Waals surface area contributed by atoms with Crippen LogP contribution in [0.3, 0.4) is 0 Å². The minimum atomic E-state index is -2.48. The van der Waals surface area contributed by atoms with Gasteiger partial charge < -0.3 is 53.1 Å². The summed E-state index contributed by atoms with van der Waals surface area (Å²) < 4.78 is 53.0. The number of hydrogen-bond acceptors (Lipinski definition) is 14. The van der Waals surface area contributed by atoms with Gasteiger partial charge in [-0.3, -0.25) is 4.79 Å². The van der Waals surface area contributed by atoms with E-state index in [2.05, 4.69) is 32.7 Å². The maximum absolute atomic E-state index is 14.8. The van der Waals surface area contributed by atoms with Crippen molar-refractivity contribution in [1.29, 1.82) is 0 Å². The summed E-state index contributed by atoms with van der Waals surface area (Å²) in [7, 11) is -2.48. The van der Waals surface area contributed by atoms with Crippen LogP contribution in [0, 0.1) is 16.7 Å². The van der Waals surface area contributed by atoms with Gasteiger partial charge in [0.05, 0.1) is 36.3 Å². The molecule has 2 unspecified atom stereocenters. The fraction of sp³-hybridized carbons (Fsp3) is 0.615. The summed E-state index contributed by atoms with van der Waals surface area (Å²) in [5.74, 6) is -3.55. The molecular formula is C52H71NO14Si. The van der Waals surface area contributed by atoms with Crippen molar-refractivity contribution in [3.8, 4) is 0 Å². The number of aliphatic hydroxyl groups is 2. The molecule has 3 N–H and O–H groups in total. The number of rotatable bonds is 14. The van der Waals surface area contributed by atoms with E-state index in [1.807, 2.05) is 20.8 Å². The van der Waals surface area contributed by atoms with Crippen molar-refractivity contribution < 1.29 is 67.0 Å². The molecule has 2 bridgehead atoms. The van der Waals surface area contributed by atoms with Gasteiger partial charge in [-0.1, -0.05) is 96.7 Å². The molecular weight excluding hydrogens is 891 g/mol. The number of alkyl carbamates (subject to hydrolysis) is 1. The topological polar surface area (TPSA) is 195 Å². The summed E-state index contributed by atoms with van der Waals surface area (Å²) >= 11 is 0. The molecule has 16 heteroatoms. The molecule has 2 aromatic rings. The Morgan fingerprint density at radius 1 is 0.956 bits per heavy atom. The van der Waals surface area contributed by atoms with Gasteiger partial charge in [-0.25, -0.2) is 14.4 Å². The van der Waals surface area contributed by atoms with Crippen LogP contribution in [0.5, 0.6) is 0 Å². The standard InChI is InChI=1S/C52H71NO14Si/c1-13-37-62-41-38-30(5)34(61-46(57)40(55)39(32-23-19-17-20-24-32)53-47(58)66-48(7,8)9)28-52(59,49(38,10)11)44(64-45(56)33-25-21-18-22-26-33)42-50(12,43(41)63-37)35(67-68(14-2,15-3)16-4)27-36-51(42,29-60-36)65-31(6)54/h13,17-26,34-37,39-44,55,59H,1,14-16,27-29H2,2-12H3,(H,53,58)/t34-,35-,36?,37?,39-,40+,41+,42-,43+,44-,50+,51-,52+/m0/s1. The number of ether oxygens (including phenoxy) is 7. The molecule has 372 valence electrons. The Morgan fingerprint density at radius 3 is 2.12 bits per heavy atom. The van der Waals surface area contributed by atoms with Crippen molar-refractivity contribution in [2.24, 2.45) is 16.7 Å². The minimum Gasteiger partial charge on any atom is -0.456 e. The Bertz CT molecular complexity index is 2230. The van der Waals surface area contributed by atoms with Crippen LogP contribution in [-0.4, -0.2) is 115 Å². The fourth-order valence-corrected chi connectivity index (χ4v) is 14.9. The predicted octanol–water partition coefficient (Wildman–Crippen LogP) is 7.66. The molecule has 2 aliphatic heterocycles. The first-order valence-corrected chi connectivity index (χ1v) is 26.5. The number of benzene rings is 2. The van der Waals surface area contributed by atoms with E-state index < -0.39 is 121 Å². The second-order valence-electron chi connectivity index (χ2n) is 20.9. The van der Waals surface area contributed by atoms with Gasteiger partial charge >= 0.3 is 24.0 Å². The third kappa shape index (κ3) is 8.87. The first kappa shape index (κ1) is 51.4. The van der Waals surface area contributed by atoms with Gasteiger partial charge in [-0.15, -0.1) is 0 Å². The van der Waals surface area contributed by atoms with E-state index >= 15 is 0 Å². The van der Waals surface area contributed by atoms with Crippen LogP contribution >= 0.6 is 0 Å². The van der Waals surface area contributed by atoms with Gasteiger partial charge in [0.15, 0.2) is 26.3 Å². The predicted molar refractivity (Wildman–Crippen MR) is 252 cm³/mol. The molecule has 3 aliphatic carbocycles. The third-order valence-corrected chi connectivity index (χ3v) is 20.4. The van der Waals surface area contributed by atoms with Crippen LogP contribution in [0.2, 0.25) is 18.1 Å². The highest BCUT2D eigenvalue weighted by atomic mass is 28.4. The van der Waals surface area contributed by atoms with E-state index in [0.717, 1.165) is 18.1 Å².